The number of benzene rings is 2. The van der Waals surface area contributed by atoms with Gasteiger partial charge in [0.2, 0.25) is 0 Å². The summed E-state index contributed by atoms with van der Waals surface area (Å²) in [5.74, 6) is 0. The van der Waals surface area contributed by atoms with Gasteiger partial charge in [-0.3, -0.25) is 0 Å². The van der Waals surface area contributed by atoms with E-state index < -0.39 is 0 Å². The van der Waals surface area contributed by atoms with Crippen molar-refractivity contribution in [1.82, 2.24) is 0 Å². The van der Waals surface area contributed by atoms with E-state index in [1.165, 1.54) is 11.1 Å². The first-order valence-corrected chi connectivity index (χ1v) is 5.31. The predicted octanol–water partition coefficient (Wildman–Crippen LogP) is 3.13. The molecule has 0 aliphatic carbocycles. The van der Waals surface area contributed by atoms with E-state index in [1.54, 1.807) is 0 Å². The fourth-order valence-electron chi connectivity index (χ4n) is 1.91. The van der Waals surface area contributed by atoms with E-state index in [9.17, 15) is 0 Å². The Kier molecular flexibility index (Phi) is 2.57. The molecule has 0 radical (unpaired) electrons. The molecule has 2 heteroatoms. The normalized spacial score (nSPS) is 10.4. The summed E-state index contributed by atoms with van der Waals surface area (Å²) in [5, 5.41) is 0. The quantitative estimate of drug-likeness (QED) is 0.713. The Morgan fingerprint density at radius 2 is 1.69 bits per heavy atom. The first kappa shape index (κ1) is 10.6. The van der Waals surface area contributed by atoms with Crippen LogP contribution in [-0.4, -0.2) is 0 Å². The van der Waals surface area contributed by atoms with E-state index in [0.717, 1.165) is 22.5 Å². The number of anilines is 2. The SMILES string of the molecule is Cc1ccc(N)c(-c2cccc(N)c2)c1C. The smallest absolute Gasteiger partial charge is 0.0396 e. The number of hydrogen-bond acceptors (Lipinski definition) is 2. The van der Waals surface area contributed by atoms with E-state index in [4.69, 9.17) is 11.5 Å². The van der Waals surface area contributed by atoms with Crippen LogP contribution in [0, 0.1) is 13.8 Å². The maximum absolute atomic E-state index is 6.03. The van der Waals surface area contributed by atoms with Crippen LogP contribution in [0.1, 0.15) is 11.1 Å². The molecule has 0 unspecified atom stereocenters. The third-order valence-corrected chi connectivity index (χ3v) is 2.94. The van der Waals surface area contributed by atoms with Crippen LogP contribution in [0.5, 0.6) is 0 Å². The molecule has 82 valence electrons. The molecule has 0 aromatic heterocycles. The summed E-state index contributed by atoms with van der Waals surface area (Å²) in [6.07, 6.45) is 0. The summed E-state index contributed by atoms with van der Waals surface area (Å²) in [4.78, 5) is 0. The van der Waals surface area contributed by atoms with Gasteiger partial charge in [0.25, 0.3) is 0 Å². The van der Waals surface area contributed by atoms with E-state index >= 15 is 0 Å². The second-order valence-corrected chi connectivity index (χ2v) is 4.10. The Hall–Kier alpha value is -1.96. The van der Waals surface area contributed by atoms with Gasteiger partial charge >= 0.3 is 0 Å². The van der Waals surface area contributed by atoms with E-state index in [-0.39, 0.29) is 0 Å². The lowest BCUT2D eigenvalue weighted by Crippen LogP contribution is -1.96. The molecule has 2 aromatic carbocycles. The number of aryl methyl sites for hydroxylation is 1. The molecule has 0 aliphatic heterocycles. The lowest BCUT2D eigenvalue weighted by Gasteiger charge is -2.12. The van der Waals surface area contributed by atoms with Crippen LogP contribution in [0.15, 0.2) is 36.4 Å². The van der Waals surface area contributed by atoms with Crippen LogP contribution in [0.2, 0.25) is 0 Å². The highest BCUT2D eigenvalue weighted by Gasteiger charge is 2.08. The summed E-state index contributed by atoms with van der Waals surface area (Å²) in [6, 6.07) is 11.8. The molecule has 0 aliphatic rings. The molecule has 0 saturated carbocycles. The van der Waals surface area contributed by atoms with Gasteiger partial charge in [0.05, 0.1) is 0 Å². The van der Waals surface area contributed by atoms with Gasteiger partial charge in [-0.15, -0.1) is 0 Å². The summed E-state index contributed by atoms with van der Waals surface area (Å²) in [7, 11) is 0. The van der Waals surface area contributed by atoms with Gasteiger partial charge in [0.1, 0.15) is 0 Å². The summed E-state index contributed by atoms with van der Waals surface area (Å²) < 4.78 is 0. The molecule has 0 heterocycles. The Morgan fingerprint density at radius 3 is 2.38 bits per heavy atom. The molecular formula is C14H16N2. The van der Waals surface area contributed by atoms with Crippen LogP contribution in [0.3, 0.4) is 0 Å². The lowest BCUT2D eigenvalue weighted by molar-refractivity contribution is 1.34. The van der Waals surface area contributed by atoms with Crippen LogP contribution < -0.4 is 11.5 Å². The first-order valence-electron chi connectivity index (χ1n) is 5.31. The topological polar surface area (TPSA) is 52.0 Å². The highest BCUT2D eigenvalue weighted by atomic mass is 14.6. The summed E-state index contributed by atoms with van der Waals surface area (Å²) >= 11 is 0. The molecule has 0 bridgehead atoms. The molecule has 0 fully saturated rings. The van der Waals surface area contributed by atoms with E-state index in [2.05, 4.69) is 13.8 Å². The number of rotatable bonds is 1. The molecule has 0 spiro atoms. The van der Waals surface area contributed by atoms with Gasteiger partial charge < -0.3 is 11.5 Å². The van der Waals surface area contributed by atoms with Crippen molar-refractivity contribution in [2.75, 3.05) is 11.5 Å². The molecule has 4 N–H and O–H groups in total. The Bertz CT molecular complexity index is 530. The van der Waals surface area contributed by atoms with Crippen LogP contribution in [0.4, 0.5) is 11.4 Å². The first-order chi connectivity index (χ1) is 7.59. The highest BCUT2D eigenvalue weighted by Crippen LogP contribution is 2.32. The van der Waals surface area contributed by atoms with Crippen LogP contribution in [-0.2, 0) is 0 Å². The van der Waals surface area contributed by atoms with Crippen molar-refractivity contribution in [3.63, 3.8) is 0 Å². The zero-order valence-corrected chi connectivity index (χ0v) is 9.62. The molecule has 2 rings (SSSR count). The van der Waals surface area contributed by atoms with Crippen molar-refractivity contribution in [3.8, 4) is 11.1 Å². The van der Waals surface area contributed by atoms with Crippen molar-refractivity contribution in [1.29, 1.82) is 0 Å². The second kappa shape index (κ2) is 3.89. The van der Waals surface area contributed by atoms with Gasteiger partial charge in [-0.1, -0.05) is 18.2 Å². The largest absolute Gasteiger partial charge is 0.399 e. The van der Waals surface area contributed by atoms with Crippen molar-refractivity contribution < 1.29 is 0 Å². The van der Waals surface area contributed by atoms with Gasteiger partial charge in [-0.25, -0.2) is 0 Å². The molecular weight excluding hydrogens is 196 g/mol. The molecule has 16 heavy (non-hydrogen) atoms. The molecule has 0 saturated heterocycles. The van der Waals surface area contributed by atoms with Gasteiger partial charge in [-0.05, 0) is 48.7 Å². The maximum Gasteiger partial charge on any atom is 0.0396 e. The Labute approximate surface area is 95.9 Å². The standard InChI is InChI=1S/C14H16N2/c1-9-6-7-13(16)14(10(9)2)11-4-3-5-12(15)8-11/h3-8H,15-16H2,1-2H3. The summed E-state index contributed by atoms with van der Waals surface area (Å²) in [5.41, 5.74) is 18.0. The average Bonchev–Trinajstić information content (AvgIpc) is 2.24. The minimum atomic E-state index is 0.762. The molecule has 2 nitrogen and oxygen atoms in total. The minimum Gasteiger partial charge on any atom is -0.399 e. The number of nitrogen functional groups attached to an aromatic ring is 2. The Balaban J connectivity index is 2.68. The highest BCUT2D eigenvalue weighted by molar-refractivity contribution is 5.81. The average molecular weight is 212 g/mol. The minimum absolute atomic E-state index is 0.762. The van der Waals surface area contributed by atoms with E-state index in [1.807, 2.05) is 36.4 Å². The van der Waals surface area contributed by atoms with Crippen molar-refractivity contribution in [2.24, 2.45) is 0 Å². The van der Waals surface area contributed by atoms with Crippen molar-refractivity contribution in [2.45, 2.75) is 13.8 Å². The lowest BCUT2D eigenvalue weighted by atomic mass is 9.95. The maximum atomic E-state index is 6.03. The second-order valence-electron chi connectivity index (χ2n) is 4.10. The van der Waals surface area contributed by atoms with Gasteiger partial charge in [-0.2, -0.15) is 0 Å². The zero-order valence-electron chi connectivity index (χ0n) is 9.62. The number of nitrogens with two attached hydrogens (primary N) is 2. The fourth-order valence-corrected chi connectivity index (χ4v) is 1.91. The fraction of sp³-hybridized carbons (Fsp3) is 0.143. The molecule has 0 amide bonds. The van der Waals surface area contributed by atoms with Crippen molar-refractivity contribution >= 4 is 11.4 Å². The predicted molar refractivity (Wildman–Crippen MR) is 70.2 cm³/mol. The van der Waals surface area contributed by atoms with Gasteiger partial charge in [0, 0.05) is 16.9 Å². The molecule has 2 aromatic rings. The zero-order chi connectivity index (χ0) is 11.7. The van der Waals surface area contributed by atoms with Crippen LogP contribution >= 0.6 is 0 Å². The number of hydrogen-bond donors (Lipinski definition) is 2. The Morgan fingerprint density at radius 1 is 0.938 bits per heavy atom. The van der Waals surface area contributed by atoms with E-state index in [0.29, 0.717) is 0 Å². The third kappa shape index (κ3) is 1.74. The van der Waals surface area contributed by atoms with Crippen LogP contribution in [0.25, 0.3) is 11.1 Å². The van der Waals surface area contributed by atoms with Gasteiger partial charge in [0.15, 0.2) is 0 Å². The summed E-state index contributed by atoms with van der Waals surface area (Å²) in [6.45, 7) is 4.18. The third-order valence-electron chi connectivity index (χ3n) is 2.94. The monoisotopic (exact) mass is 212 g/mol. The van der Waals surface area contributed by atoms with Crippen molar-refractivity contribution in [3.05, 3.63) is 47.5 Å². The molecule has 0 atom stereocenters.